The first-order chi connectivity index (χ1) is 16.2. The molecule has 0 saturated carbocycles. The van der Waals surface area contributed by atoms with Crippen molar-refractivity contribution in [3.63, 3.8) is 0 Å². The fourth-order valence-corrected chi connectivity index (χ4v) is 4.69. The maximum Gasteiger partial charge on any atom is 0.478 e. The highest BCUT2D eigenvalue weighted by Crippen LogP contribution is 2.55. The van der Waals surface area contributed by atoms with Gasteiger partial charge >= 0.3 is 26.0 Å². The number of hydrogen-bond acceptors (Lipinski definition) is 10. The third-order valence-corrected chi connectivity index (χ3v) is 6.03. The minimum Gasteiger partial charge on any atom is -0.465 e. The molecule has 1 N–H and O–H groups in total. The van der Waals surface area contributed by atoms with Crippen LogP contribution < -0.4 is 0 Å². The average Bonchev–Trinajstić information content (AvgIpc) is 2.62. The second-order valence-electron chi connectivity index (χ2n) is 11.2. The summed E-state index contributed by atoms with van der Waals surface area (Å²) in [5.41, 5.74) is -2.60. The number of ether oxygens (including phenoxy) is 3. The van der Waals surface area contributed by atoms with Crippen molar-refractivity contribution in [1.82, 2.24) is 9.80 Å². The SMILES string of the molecule is CC(C)(C)OC(=O)CN(C[C@H]1COCCN1C(=O)O)C(=O)OCOP(=O)(OC(C)(C)C)OC(C)(C)C. The topological polar surface area (TPSA) is 150 Å². The number of carbonyl (C=O) groups is 3. The van der Waals surface area contributed by atoms with E-state index in [1.54, 1.807) is 62.3 Å². The van der Waals surface area contributed by atoms with Crippen molar-refractivity contribution >= 4 is 26.0 Å². The van der Waals surface area contributed by atoms with Gasteiger partial charge in [0.15, 0.2) is 0 Å². The van der Waals surface area contributed by atoms with E-state index >= 15 is 0 Å². The van der Waals surface area contributed by atoms with Gasteiger partial charge in [0.05, 0.1) is 30.5 Å². The van der Waals surface area contributed by atoms with E-state index < -0.39 is 62.2 Å². The summed E-state index contributed by atoms with van der Waals surface area (Å²) in [6.07, 6.45) is -2.20. The molecule has 0 aliphatic carbocycles. The third-order valence-electron chi connectivity index (χ3n) is 4.07. The van der Waals surface area contributed by atoms with Crippen molar-refractivity contribution < 1.29 is 51.8 Å². The lowest BCUT2D eigenvalue weighted by molar-refractivity contribution is -0.156. The number of esters is 1. The molecule has 0 bridgehead atoms. The molecule has 1 rings (SSSR count). The molecule has 1 fully saturated rings. The van der Waals surface area contributed by atoms with Crippen LogP contribution >= 0.6 is 7.82 Å². The van der Waals surface area contributed by atoms with Crippen LogP contribution in [-0.4, -0.2) is 95.5 Å². The Balaban J connectivity index is 2.98. The Hall–Kier alpha value is -1.92. The molecule has 36 heavy (non-hydrogen) atoms. The lowest BCUT2D eigenvalue weighted by Crippen LogP contribution is -2.55. The number of hydrogen-bond donors (Lipinski definition) is 1. The summed E-state index contributed by atoms with van der Waals surface area (Å²) >= 11 is 0. The first-order valence-corrected chi connectivity index (χ1v) is 13.0. The Morgan fingerprint density at radius 2 is 1.56 bits per heavy atom. The summed E-state index contributed by atoms with van der Waals surface area (Å²) in [4.78, 5) is 39.0. The van der Waals surface area contributed by atoms with E-state index in [4.69, 9.17) is 27.8 Å². The Labute approximate surface area is 212 Å². The smallest absolute Gasteiger partial charge is 0.465 e. The molecular formula is C22H41N2O11P. The second-order valence-corrected chi connectivity index (χ2v) is 12.7. The second kappa shape index (κ2) is 12.6. The number of carboxylic acid groups (broad SMARTS) is 1. The first kappa shape index (κ1) is 32.1. The quantitative estimate of drug-likeness (QED) is 0.258. The van der Waals surface area contributed by atoms with Crippen LogP contribution in [0, 0.1) is 0 Å². The van der Waals surface area contributed by atoms with Gasteiger partial charge in [-0.05, 0) is 62.3 Å². The maximum atomic E-state index is 13.1. The fraction of sp³-hybridized carbons (Fsp3) is 0.864. The first-order valence-electron chi connectivity index (χ1n) is 11.6. The summed E-state index contributed by atoms with van der Waals surface area (Å²) in [5, 5.41) is 9.48. The standard InChI is InChI=1S/C22H41N2O11P/c1-20(2,3)33-17(25)13-23(12-16-14-30-11-10-24(16)18(26)27)19(28)31-15-32-36(29,34-21(4,5)6)35-22(7,8)9/h16H,10-15H2,1-9H3,(H,26,27)/t16-/m0/s1. The molecule has 1 saturated heterocycles. The molecule has 13 nitrogen and oxygen atoms in total. The maximum absolute atomic E-state index is 13.1. The summed E-state index contributed by atoms with van der Waals surface area (Å²) < 4.78 is 45.1. The van der Waals surface area contributed by atoms with Gasteiger partial charge in [0.25, 0.3) is 0 Å². The van der Waals surface area contributed by atoms with Gasteiger partial charge in [0, 0.05) is 13.1 Å². The molecule has 1 aliphatic heterocycles. The lowest BCUT2D eigenvalue weighted by atomic mass is 10.2. The van der Waals surface area contributed by atoms with E-state index in [2.05, 4.69) is 0 Å². The molecule has 210 valence electrons. The van der Waals surface area contributed by atoms with Crippen molar-refractivity contribution in [1.29, 1.82) is 0 Å². The van der Waals surface area contributed by atoms with E-state index in [0.717, 1.165) is 9.80 Å². The minimum absolute atomic E-state index is 0.0228. The van der Waals surface area contributed by atoms with Crippen LogP contribution in [0.2, 0.25) is 0 Å². The zero-order valence-electron chi connectivity index (χ0n) is 22.7. The summed E-state index contributed by atoms with van der Waals surface area (Å²) in [6, 6.07) is -0.744. The zero-order chi connectivity index (χ0) is 27.9. The third kappa shape index (κ3) is 12.9. The highest BCUT2D eigenvalue weighted by atomic mass is 31.2. The molecule has 1 atom stereocenters. The van der Waals surface area contributed by atoms with Crippen LogP contribution in [0.5, 0.6) is 0 Å². The summed E-state index contributed by atoms with van der Waals surface area (Å²) in [7, 11) is -4.16. The van der Waals surface area contributed by atoms with Gasteiger partial charge in [-0.2, -0.15) is 0 Å². The van der Waals surface area contributed by atoms with Crippen molar-refractivity contribution in [2.45, 2.75) is 85.2 Å². The molecule has 0 aromatic heterocycles. The normalized spacial score (nSPS) is 17.5. The lowest BCUT2D eigenvalue weighted by Gasteiger charge is -2.36. The fourth-order valence-electron chi connectivity index (χ4n) is 3.02. The zero-order valence-corrected chi connectivity index (χ0v) is 23.6. The van der Waals surface area contributed by atoms with Gasteiger partial charge in [-0.3, -0.25) is 23.6 Å². The van der Waals surface area contributed by atoms with Crippen LogP contribution in [0.4, 0.5) is 9.59 Å². The largest absolute Gasteiger partial charge is 0.478 e. The molecule has 0 aromatic carbocycles. The number of phosphoric ester groups is 1. The Morgan fingerprint density at radius 1 is 1.00 bits per heavy atom. The molecule has 0 spiro atoms. The molecule has 1 aliphatic rings. The number of carbonyl (C=O) groups excluding carboxylic acids is 2. The van der Waals surface area contributed by atoms with Crippen LogP contribution in [0.3, 0.4) is 0 Å². The van der Waals surface area contributed by atoms with Gasteiger partial charge in [-0.1, -0.05) is 0 Å². The number of rotatable bonds is 9. The molecule has 0 radical (unpaired) electrons. The minimum atomic E-state index is -4.16. The van der Waals surface area contributed by atoms with Crippen LogP contribution in [0.15, 0.2) is 0 Å². The molecular weight excluding hydrogens is 499 g/mol. The van der Waals surface area contributed by atoms with Gasteiger partial charge in [0.1, 0.15) is 12.1 Å². The van der Waals surface area contributed by atoms with Gasteiger partial charge < -0.3 is 19.3 Å². The molecule has 14 heteroatoms. The highest BCUT2D eigenvalue weighted by molar-refractivity contribution is 7.48. The Bertz CT molecular complexity index is 794. The van der Waals surface area contributed by atoms with E-state index in [9.17, 15) is 24.1 Å². The summed E-state index contributed by atoms with van der Waals surface area (Å²) in [6.45, 7) is 13.8. The van der Waals surface area contributed by atoms with Gasteiger partial charge in [0.2, 0.25) is 6.79 Å². The summed E-state index contributed by atoms with van der Waals surface area (Å²) in [5.74, 6) is -0.725. The van der Waals surface area contributed by atoms with E-state index in [0.29, 0.717) is 0 Å². The van der Waals surface area contributed by atoms with Crippen molar-refractivity contribution in [3.8, 4) is 0 Å². The predicted molar refractivity (Wildman–Crippen MR) is 128 cm³/mol. The van der Waals surface area contributed by atoms with E-state index in [1.165, 1.54) is 0 Å². The van der Waals surface area contributed by atoms with Crippen LogP contribution in [-0.2, 0) is 37.1 Å². The van der Waals surface area contributed by atoms with E-state index in [1.807, 2.05) is 0 Å². The predicted octanol–water partition coefficient (Wildman–Crippen LogP) is 3.86. The average molecular weight is 541 g/mol. The monoisotopic (exact) mass is 540 g/mol. The molecule has 0 unspecified atom stereocenters. The Kier molecular flexibility index (Phi) is 11.2. The molecule has 2 amide bonds. The Morgan fingerprint density at radius 3 is 2.03 bits per heavy atom. The number of amides is 2. The van der Waals surface area contributed by atoms with Crippen molar-refractivity contribution in [2.75, 3.05) is 39.6 Å². The van der Waals surface area contributed by atoms with Gasteiger partial charge in [-0.25, -0.2) is 18.7 Å². The molecule has 0 aromatic rings. The highest BCUT2D eigenvalue weighted by Gasteiger charge is 2.38. The number of nitrogens with zero attached hydrogens (tertiary/aromatic N) is 2. The van der Waals surface area contributed by atoms with Crippen molar-refractivity contribution in [3.05, 3.63) is 0 Å². The van der Waals surface area contributed by atoms with Gasteiger partial charge in [-0.15, -0.1) is 0 Å². The molecule has 1 heterocycles. The van der Waals surface area contributed by atoms with Crippen LogP contribution in [0.25, 0.3) is 0 Å². The number of phosphoric acid groups is 1. The van der Waals surface area contributed by atoms with Crippen LogP contribution in [0.1, 0.15) is 62.3 Å². The van der Waals surface area contributed by atoms with E-state index in [-0.39, 0.29) is 26.3 Å². The van der Waals surface area contributed by atoms with Crippen molar-refractivity contribution in [2.24, 2.45) is 0 Å². The number of morpholine rings is 1.